The zero-order valence-electron chi connectivity index (χ0n) is 13.8. The molecule has 0 saturated carbocycles. The van der Waals surface area contributed by atoms with E-state index >= 15 is 0 Å². The summed E-state index contributed by atoms with van der Waals surface area (Å²) in [6, 6.07) is 17.1. The van der Waals surface area contributed by atoms with Gasteiger partial charge in [-0.05, 0) is 49.6 Å². The van der Waals surface area contributed by atoms with Crippen LogP contribution in [-0.4, -0.2) is 29.7 Å². The lowest BCUT2D eigenvalue weighted by Gasteiger charge is -2.25. The zero-order chi connectivity index (χ0) is 16.9. The second kappa shape index (κ2) is 7.30. The smallest absolute Gasteiger partial charge is 0.261 e. The van der Waals surface area contributed by atoms with Crippen molar-refractivity contribution in [2.45, 2.75) is 25.8 Å². The van der Waals surface area contributed by atoms with E-state index in [1.54, 1.807) is 24.3 Å². The lowest BCUT2D eigenvalue weighted by Crippen LogP contribution is -2.34. The van der Waals surface area contributed by atoms with E-state index in [4.69, 9.17) is 4.74 Å². The van der Waals surface area contributed by atoms with Crippen molar-refractivity contribution in [3.05, 3.63) is 65.7 Å². The summed E-state index contributed by atoms with van der Waals surface area (Å²) in [7, 11) is 0. The van der Waals surface area contributed by atoms with Crippen LogP contribution < -0.4 is 4.74 Å². The molecule has 24 heavy (non-hydrogen) atoms. The van der Waals surface area contributed by atoms with Crippen LogP contribution in [0.15, 0.2) is 54.6 Å². The summed E-state index contributed by atoms with van der Waals surface area (Å²) >= 11 is 0. The van der Waals surface area contributed by atoms with Crippen molar-refractivity contribution in [2.24, 2.45) is 0 Å². The third kappa shape index (κ3) is 3.65. The molecule has 124 valence electrons. The maximum absolute atomic E-state index is 12.5. The number of benzene rings is 2. The van der Waals surface area contributed by atoms with Gasteiger partial charge in [-0.1, -0.05) is 30.3 Å². The number of nitrogens with zero attached hydrogens (tertiary/aromatic N) is 1. The van der Waals surface area contributed by atoms with E-state index in [1.807, 2.05) is 23.1 Å². The molecule has 1 heterocycles. The number of rotatable bonds is 5. The number of ketones is 1. The fourth-order valence-electron chi connectivity index (χ4n) is 3.10. The van der Waals surface area contributed by atoms with Crippen LogP contribution in [0.1, 0.15) is 41.7 Å². The van der Waals surface area contributed by atoms with Gasteiger partial charge in [0.2, 0.25) is 0 Å². The van der Waals surface area contributed by atoms with Crippen molar-refractivity contribution in [3.8, 4) is 5.75 Å². The van der Waals surface area contributed by atoms with E-state index in [1.165, 1.54) is 12.5 Å². The molecule has 1 aliphatic rings. The Balaban J connectivity index is 1.61. The molecule has 2 aromatic carbocycles. The van der Waals surface area contributed by atoms with E-state index in [0.717, 1.165) is 19.4 Å². The van der Waals surface area contributed by atoms with E-state index in [2.05, 4.69) is 12.1 Å². The van der Waals surface area contributed by atoms with Gasteiger partial charge in [0, 0.05) is 12.1 Å². The van der Waals surface area contributed by atoms with Crippen LogP contribution in [-0.2, 0) is 4.79 Å². The Morgan fingerprint density at radius 2 is 1.79 bits per heavy atom. The van der Waals surface area contributed by atoms with Crippen LogP contribution in [0.2, 0.25) is 0 Å². The zero-order valence-corrected chi connectivity index (χ0v) is 13.8. The van der Waals surface area contributed by atoms with Crippen molar-refractivity contribution in [3.63, 3.8) is 0 Å². The first-order valence-corrected chi connectivity index (χ1v) is 8.23. The molecule has 0 spiro atoms. The Hall–Kier alpha value is -2.62. The third-order valence-corrected chi connectivity index (χ3v) is 4.38. The molecule has 3 rings (SSSR count). The predicted octanol–water partition coefficient (Wildman–Crippen LogP) is 3.63. The fourth-order valence-corrected chi connectivity index (χ4v) is 3.10. The molecule has 1 saturated heterocycles. The Labute approximate surface area is 142 Å². The van der Waals surface area contributed by atoms with Gasteiger partial charge < -0.3 is 9.64 Å². The Kier molecular flexibility index (Phi) is 4.94. The monoisotopic (exact) mass is 323 g/mol. The van der Waals surface area contributed by atoms with Crippen molar-refractivity contribution in [1.29, 1.82) is 0 Å². The molecule has 1 amide bonds. The first-order chi connectivity index (χ1) is 11.6. The van der Waals surface area contributed by atoms with E-state index in [0.29, 0.717) is 11.3 Å². The summed E-state index contributed by atoms with van der Waals surface area (Å²) in [5, 5.41) is 0. The normalized spacial score (nSPS) is 16.9. The van der Waals surface area contributed by atoms with Gasteiger partial charge >= 0.3 is 0 Å². The third-order valence-electron chi connectivity index (χ3n) is 4.38. The average Bonchev–Trinajstić information content (AvgIpc) is 3.10. The number of ether oxygens (including phenoxy) is 1. The highest BCUT2D eigenvalue weighted by Gasteiger charge is 2.29. The summed E-state index contributed by atoms with van der Waals surface area (Å²) in [4.78, 5) is 25.7. The molecule has 1 atom stereocenters. The highest BCUT2D eigenvalue weighted by molar-refractivity contribution is 5.94. The lowest BCUT2D eigenvalue weighted by molar-refractivity contribution is -0.134. The molecule has 0 N–H and O–H groups in total. The van der Waals surface area contributed by atoms with Gasteiger partial charge in [-0.25, -0.2) is 0 Å². The van der Waals surface area contributed by atoms with Crippen molar-refractivity contribution in [1.82, 2.24) is 4.90 Å². The maximum Gasteiger partial charge on any atom is 0.261 e. The molecule has 0 unspecified atom stereocenters. The predicted molar refractivity (Wildman–Crippen MR) is 92.1 cm³/mol. The number of Topliss-reactive ketones (excluding diaryl/α,β-unsaturated/α-hetero) is 1. The number of hydrogen-bond donors (Lipinski definition) is 0. The number of likely N-dealkylation sites (tertiary alicyclic amines) is 1. The quantitative estimate of drug-likeness (QED) is 0.789. The minimum absolute atomic E-state index is 0.00278. The van der Waals surface area contributed by atoms with Gasteiger partial charge in [-0.15, -0.1) is 0 Å². The van der Waals surface area contributed by atoms with Crippen molar-refractivity contribution < 1.29 is 14.3 Å². The first-order valence-electron chi connectivity index (χ1n) is 8.23. The molecule has 0 radical (unpaired) electrons. The standard InChI is InChI=1S/C20H21NO3/c1-15(22)16-9-11-18(12-10-16)24-14-20(23)21-13-5-8-19(21)17-6-3-2-4-7-17/h2-4,6-7,9-12,19H,5,8,13-14H2,1H3/t19-/m1/s1. The van der Waals surface area contributed by atoms with Gasteiger partial charge in [0.05, 0.1) is 6.04 Å². The second-order valence-electron chi connectivity index (χ2n) is 6.03. The van der Waals surface area contributed by atoms with Crippen molar-refractivity contribution in [2.75, 3.05) is 13.2 Å². The average molecular weight is 323 g/mol. The molecule has 0 bridgehead atoms. The SMILES string of the molecule is CC(=O)c1ccc(OCC(=O)N2CCC[C@@H]2c2ccccc2)cc1. The summed E-state index contributed by atoms with van der Waals surface area (Å²) < 4.78 is 5.60. The first kappa shape index (κ1) is 16.2. The minimum atomic E-state index is -0.00278. The molecule has 0 aliphatic carbocycles. The molecular weight excluding hydrogens is 302 g/mol. The highest BCUT2D eigenvalue weighted by Crippen LogP contribution is 2.31. The van der Waals surface area contributed by atoms with Gasteiger partial charge in [0.15, 0.2) is 12.4 Å². The molecule has 1 aliphatic heterocycles. The summed E-state index contributed by atoms with van der Waals surface area (Å²) in [6.07, 6.45) is 2.00. The fraction of sp³-hybridized carbons (Fsp3) is 0.300. The van der Waals surface area contributed by atoms with Crippen molar-refractivity contribution >= 4 is 11.7 Å². The largest absolute Gasteiger partial charge is 0.484 e. The summed E-state index contributed by atoms with van der Waals surface area (Å²) in [5.41, 5.74) is 1.81. The van der Waals surface area contributed by atoms with Gasteiger partial charge in [-0.2, -0.15) is 0 Å². The van der Waals surface area contributed by atoms with E-state index < -0.39 is 0 Å². The number of hydrogen-bond acceptors (Lipinski definition) is 3. The van der Waals surface area contributed by atoms with Gasteiger partial charge in [-0.3, -0.25) is 9.59 Å². The topological polar surface area (TPSA) is 46.6 Å². The molecular formula is C20H21NO3. The molecule has 0 aromatic heterocycles. The van der Waals surface area contributed by atoms with Crippen LogP contribution in [0.25, 0.3) is 0 Å². The van der Waals surface area contributed by atoms with E-state index in [9.17, 15) is 9.59 Å². The van der Waals surface area contributed by atoms with Gasteiger partial charge in [0.1, 0.15) is 5.75 Å². The Bertz CT molecular complexity index is 709. The molecule has 4 heteroatoms. The van der Waals surface area contributed by atoms with E-state index in [-0.39, 0.29) is 24.3 Å². The second-order valence-corrected chi connectivity index (χ2v) is 6.03. The van der Waals surface area contributed by atoms with Crippen LogP contribution >= 0.6 is 0 Å². The lowest BCUT2D eigenvalue weighted by atomic mass is 10.0. The van der Waals surface area contributed by atoms with Crippen LogP contribution in [0.4, 0.5) is 0 Å². The molecule has 4 nitrogen and oxygen atoms in total. The molecule has 1 fully saturated rings. The Morgan fingerprint density at radius 1 is 1.08 bits per heavy atom. The van der Waals surface area contributed by atoms with Gasteiger partial charge in [0.25, 0.3) is 5.91 Å². The van der Waals surface area contributed by atoms with Crippen LogP contribution in [0.5, 0.6) is 5.75 Å². The maximum atomic E-state index is 12.5. The highest BCUT2D eigenvalue weighted by atomic mass is 16.5. The summed E-state index contributed by atoms with van der Waals surface area (Å²) in [6.45, 7) is 2.31. The Morgan fingerprint density at radius 3 is 2.46 bits per heavy atom. The number of carbonyl (C=O) groups excluding carboxylic acids is 2. The minimum Gasteiger partial charge on any atom is -0.484 e. The van der Waals surface area contributed by atoms with Crippen LogP contribution in [0.3, 0.4) is 0 Å². The van der Waals surface area contributed by atoms with Crippen LogP contribution in [0, 0.1) is 0 Å². The summed E-state index contributed by atoms with van der Waals surface area (Å²) in [5.74, 6) is 0.612. The number of amides is 1. The molecule has 2 aromatic rings. The number of carbonyl (C=O) groups is 2.